The van der Waals surface area contributed by atoms with Crippen molar-refractivity contribution in [1.29, 1.82) is 0 Å². The van der Waals surface area contributed by atoms with E-state index in [1.807, 2.05) is 55.5 Å². The second-order valence-corrected chi connectivity index (χ2v) is 5.26. The van der Waals surface area contributed by atoms with Crippen LogP contribution in [0.5, 0.6) is 11.5 Å². The molecule has 1 aliphatic heterocycles. The number of benzene rings is 2. The van der Waals surface area contributed by atoms with E-state index in [4.69, 9.17) is 4.74 Å². The zero-order valence-corrected chi connectivity index (χ0v) is 11.9. The van der Waals surface area contributed by atoms with Crippen molar-refractivity contribution in [2.45, 2.75) is 6.92 Å². The number of rotatable bonds is 4. The number of nitrogens with one attached hydrogen (secondary N) is 2. The monoisotopic (exact) mass is 282 g/mol. The topological polar surface area (TPSA) is 50.4 Å². The van der Waals surface area contributed by atoms with Gasteiger partial charge in [-0.1, -0.05) is 29.8 Å². The average Bonchev–Trinajstić information content (AvgIpc) is 2.41. The molecular weight excluding hydrogens is 264 g/mol. The minimum atomic E-state index is 0.0358. The summed E-state index contributed by atoms with van der Waals surface area (Å²) in [6, 6.07) is 15.3. The van der Waals surface area contributed by atoms with E-state index in [1.54, 1.807) is 0 Å². The summed E-state index contributed by atoms with van der Waals surface area (Å²) in [6.07, 6.45) is 0. The van der Waals surface area contributed by atoms with Gasteiger partial charge in [0.25, 0.3) is 0 Å². The van der Waals surface area contributed by atoms with Crippen molar-refractivity contribution in [3.8, 4) is 11.5 Å². The summed E-state index contributed by atoms with van der Waals surface area (Å²) in [5.74, 6) is 1.50. The van der Waals surface area contributed by atoms with Crippen molar-refractivity contribution in [3.63, 3.8) is 0 Å². The number of hydrogen-bond donors (Lipinski definition) is 2. The van der Waals surface area contributed by atoms with Crippen molar-refractivity contribution in [2.24, 2.45) is 5.92 Å². The number of carbonyl (C=O) groups is 1. The molecule has 0 aliphatic carbocycles. The van der Waals surface area contributed by atoms with Gasteiger partial charge in [0.05, 0.1) is 11.6 Å². The molecule has 1 aliphatic rings. The predicted molar refractivity (Wildman–Crippen MR) is 82.7 cm³/mol. The molecule has 0 saturated carbocycles. The summed E-state index contributed by atoms with van der Waals surface area (Å²) < 4.78 is 5.87. The Labute approximate surface area is 124 Å². The molecule has 4 nitrogen and oxygen atoms in total. The lowest BCUT2D eigenvalue weighted by atomic mass is 10.0. The highest BCUT2D eigenvalue weighted by atomic mass is 16.5. The van der Waals surface area contributed by atoms with Crippen LogP contribution < -0.4 is 15.4 Å². The summed E-state index contributed by atoms with van der Waals surface area (Å²) >= 11 is 0. The fraction of sp³-hybridized carbons (Fsp3) is 0.235. The lowest BCUT2D eigenvalue weighted by Gasteiger charge is -2.26. The minimum absolute atomic E-state index is 0.0358. The smallest absolute Gasteiger partial charge is 0.230 e. The summed E-state index contributed by atoms with van der Waals surface area (Å²) in [4.78, 5) is 12.0. The number of para-hydroxylation sites is 2. The second kappa shape index (κ2) is 5.97. The first-order valence-electron chi connectivity index (χ1n) is 7.07. The molecule has 2 N–H and O–H groups in total. The van der Waals surface area contributed by atoms with Crippen LogP contribution in [0, 0.1) is 12.8 Å². The maximum Gasteiger partial charge on any atom is 0.230 e. The van der Waals surface area contributed by atoms with Crippen LogP contribution in [0.15, 0.2) is 48.5 Å². The fourth-order valence-corrected chi connectivity index (χ4v) is 2.10. The van der Waals surface area contributed by atoms with E-state index >= 15 is 0 Å². The van der Waals surface area contributed by atoms with Gasteiger partial charge in [0.1, 0.15) is 5.75 Å². The van der Waals surface area contributed by atoms with Crippen LogP contribution in [0.1, 0.15) is 5.56 Å². The van der Waals surface area contributed by atoms with E-state index in [2.05, 4.69) is 10.6 Å². The molecule has 0 atom stereocenters. The second-order valence-electron chi connectivity index (χ2n) is 5.26. The van der Waals surface area contributed by atoms with Gasteiger partial charge in [-0.25, -0.2) is 0 Å². The number of hydrogen-bond acceptors (Lipinski definition) is 3. The summed E-state index contributed by atoms with van der Waals surface area (Å²) in [5.41, 5.74) is 1.89. The van der Waals surface area contributed by atoms with Crippen LogP contribution in [0.4, 0.5) is 5.69 Å². The molecule has 0 bridgehead atoms. The van der Waals surface area contributed by atoms with E-state index in [9.17, 15) is 4.79 Å². The first kappa shape index (κ1) is 13.6. The highest BCUT2D eigenvalue weighted by Gasteiger charge is 2.25. The van der Waals surface area contributed by atoms with E-state index in [-0.39, 0.29) is 11.8 Å². The molecule has 0 aromatic heterocycles. The van der Waals surface area contributed by atoms with Crippen LogP contribution >= 0.6 is 0 Å². The van der Waals surface area contributed by atoms with Crippen LogP contribution in [0.3, 0.4) is 0 Å². The Hall–Kier alpha value is -2.33. The van der Waals surface area contributed by atoms with Gasteiger partial charge in [-0.2, -0.15) is 0 Å². The average molecular weight is 282 g/mol. The molecule has 4 heteroatoms. The first-order chi connectivity index (χ1) is 10.2. The third-order valence-corrected chi connectivity index (χ3v) is 3.55. The van der Waals surface area contributed by atoms with E-state index in [0.717, 1.165) is 18.8 Å². The molecule has 108 valence electrons. The van der Waals surface area contributed by atoms with Crippen LogP contribution in [0.2, 0.25) is 0 Å². The van der Waals surface area contributed by atoms with Crippen LogP contribution in [0.25, 0.3) is 0 Å². The highest BCUT2D eigenvalue weighted by Crippen LogP contribution is 2.29. The summed E-state index contributed by atoms with van der Waals surface area (Å²) in [6.45, 7) is 3.52. The maximum absolute atomic E-state index is 12.0. The van der Waals surface area contributed by atoms with Gasteiger partial charge in [-0.05, 0) is 31.2 Å². The van der Waals surface area contributed by atoms with Gasteiger partial charge in [0.2, 0.25) is 5.91 Å². The third kappa shape index (κ3) is 3.23. The Bertz CT molecular complexity index is 633. The van der Waals surface area contributed by atoms with Crippen molar-refractivity contribution in [2.75, 3.05) is 18.4 Å². The van der Waals surface area contributed by atoms with E-state index < -0.39 is 0 Å². The van der Waals surface area contributed by atoms with Crippen molar-refractivity contribution < 1.29 is 9.53 Å². The number of carbonyl (C=O) groups excluding carboxylic acids is 1. The molecule has 21 heavy (non-hydrogen) atoms. The minimum Gasteiger partial charge on any atom is -0.455 e. The molecule has 0 radical (unpaired) electrons. The number of amides is 1. The maximum atomic E-state index is 12.0. The van der Waals surface area contributed by atoms with Gasteiger partial charge in [-0.15, -0.1) is 0 Å². The quantitative estimate of drug-likeness (QED) is 0.906. The molecule has 0 unspecified atom stereocenters. The summed E-state index contributed by atoms with van der Waals surface area (Å²) in [7, 11) is 0. The highest BCUT2D eigenvalue weighted by molar-refractivity contribution is 5.94. The van der Waals surface area contributed by atoms with Gasteiger partial charge < -0.3 is 15.4 Å². The zero-order chi connectivity index (χ0) is 14.7. The lowest BCUT2D eigenvalue weighted by Crippen LogP contribution is -2.48. The third-order valence-electron chi connectivity index (χ3n) is 3.55. The molecule has 3 rings (SSSR count). The van der Waals surface area contributed by atoms with Gasteiger partial charge in [0, 0.05) is 13.1 Å². The van der Waals surface area contributed by atoms with E-state index in [1.165, 1.54) is 5.56 Å². The largest absolute Gasteiger partial charge is 0.455 e. The molecule has 2 aromatic carbocycles. The molecule has 1 heterocycles. The molecule has 1 amide bonds. The zero-order valence-electron chi connectivity index (χ0n) is 11.9. The van der Waals surface area contributed by atoms with Gasteiger partial charge in [0.15, 0.2) is 5.75 Å². The number of ether oxygens (including phenoxy) is 1. The SMILES string of the molecule is Cc1ccc(Oc2ccccc2NC(=O)C2CNC2)cc1. The van der Waals surface area contributed by atoms with E-state index in [0.29, 0.717) is 11.4 Å². The van der Waals surface area contributed by atoms with Gasteiger partial charge >= 0.3 is 0 Å². The molecular formula is C17H18N2O2. The number of aryl methyl sites for hydroxylation is 1. The Morgan fingerprint density at radius 3 is 2.52 bits per heavy atom. The van der Waals surface area contributed by atoms with Crippen molar-refractivity contribution >= 4 is 11.6 Å². The standard InChI is InChI=1S/C17H18N2O2/c1-12-6-8-14(9-7-12)21-16-5-3-2-4-15(16)19-17(20)13-10-18-11-13/h2-9,13,18H,10-11H2,1H3,(H,19,20). The Morgan fingerprint density at radius 2 is 1.86 bits per heavy atom. The molecule has 0 spiro atoms. The van der Waals surface area contributed by atoms with Crippen LogP contribution in [-0.4, -0.2) is 19.0 Å². The first-order valence-corrected chi connectivity index (χ1v) is 7.07. The normalized spacial score (nSPS) is 14.3. The van der Waals surface area contributed by atoms with Gasteiger partial charge in [-0.3, -0.25) is 4.79 Å². The lowest BCUT2D eigenvalue weighted by molar-refractivity contribution is -0.121. The number of anilines is 1. The summed E-state index contributed by atoms with van der Waals surface area (Å²) in [5, 5.41) is 6.04. The van der Waals surface area contributed by atoms with Crippen molar-refractivity contribution in [1.82, 2.24) is 5.32 Å². The Kier molecular flexibility index (Phi) is 3.88. The molecule has 2 aromatic rings. The van der Waals surface area contributed by atoms with Crippen molar-refractivity contribution in [3.05, 3.63) is 54.1 Å². The van der Waals surface area contributed by atoms with Crippen LogP contribution in [-0.2, 0) is 4.79 Å². The Balaban J connectivity index is 1.75. The molecule has 1 fully saturated rings. The predicted octanol–water partition coefficient (Wildman–Crippen LogP) is 2.95. The Morgan fingerprint density at radius 1 is 1.14 bits per heavy atom. The molecule has 1 saturated heterocycles. The fourth-order valence-electron chi connectivity index (χ4n) is 2.10.